The molecule has 28 heavy (non-hydrogen) atoms. The minimum Gasteiger partial charge on any atom is -0.507 e. The average molecular weight is 384 g/mol. The molecule has 2 aromatic carbocycles. The quantitative estimate of drug-likeness (QED) is 0.515. The van der Waals surface area contributed by atoms with Crippen LogP contribution < -0.4 is 15.1 Å². The summed E-state index contributed by atoms with van der Waals surface area (Å²) in [7, 11) is 4.24. The molecule has 0 aliphatic rings. The average Bonchev–Trinajstić information content (AvgIpc) is 2.72. The lowest BCUT2D eigenvalue weighted by molar-refractivity contribution is -0.140. The molecular weight excluding hydrogens is 364 g/mol. The summed E-state index contributed by atoms with van der Waals surface area (Å²) in [6.07, 6.45) is -0.185. The Morgan fingerprint density at radius 2 is 1.86 bits per heavy atom. The summed E-state index contributed by atoms with van der Waals surface area (Å²) < 4.78 is 20.8. The van der Waals surface area contributed by atoms with Gasteiger partial charge in [0.05, 0.1) is 38.7 Å². The molecule has 1 atom stereocenters. The number of esters is 1. The fourth-order valence-corrected chi connectivity index (χ4v) is 3.18. The molecule has 0 amide bonds. The first kappa shape index (κ1) is 19.3. The van der Waals surface area contributed by atoms with Crippen molar-refractivity contribution in [2.24, 2.45) is 0 Å². The predicted octanol–water partition coefficient (Wildman–Crippen LogP) is 3.21. The van der Waals surface area contributed by atoms with Crippen LogP contribution in [0.25, 0.3) is 11.0 Å². The van der Waals surface area contributed by atoms with E-state index >= 15 is 0 Å². The maximum absolute atomic E-state index is 12.7. The first-order chi connectivity index (χ1) is 13.5. The van der Waals surface area contributed by atoms with Gasteiger partial charge in [0.15, 0.2) is 0 Å². The second-order valence-electron chi connectivity index (χ2n) is 6.09. The summed E-state index contributed by atoms with van der Waals surface area (Å²) in [6, 6.07) is 11.6. The van der Waals surface area contributed by atoms with Crippen molar-refractivity contribution in [1.29, 1.82) is 0 Å². The highest BCUT2D eigenvalue weighted by Gasteiger charge is 2.29. The Bertz CT molecular complexity index is 1070. The van der Waals surface area contributed by atoms with Gasteiger partial charge in [-0.25, -0.2) is 4.79 Å². The van der Waals surface area contributed by atoms with Crippen LogP contribution in [0, 0.1) is 0 Å². The topological polar surface area (TPSA) is 95.2 Å². The molecule has 1 N–H and O–H groups in total. The van der Waals surface area contributed by atoms with Crippen LogP contribution in [0.15, 0.2) is 51.7 Å². The van der Waals surface area contributed by atoms with Crippen molar-refractivity contribution >= 4 is 16.9 Å². The van der Waals surface area contributed by atoms with E-state index in [-0.39, 0.29) is 23.3 Å². The molecule has 7 nitrogen and oxygen atoms in total. The molecule has 1 aromatic heterocycles. The molecular formula is C21H20O7. The van der Waals surface area contributed by atoms with E-state index < -0.39 is 17.5 Å². The molecule has 3 rings (SSSR count). The van der Waals surface area contributed by atoms with Gasteiger partial charge in [-0.2, -0.15) is 0 Å². The second kappa shape index (κ2) is 8.04. The van der Waals surface area contributed by atoms with Crippen LogP contribution in [0.3, 0.4) is 0 Å². The molecule has 1 heterocycles. The number of rotatable bonds is 6. The first-order valence-corrected chi connectivity index (χ1v) is 8.53. The molecule has 0 saturated heterocycles. The van der Waals surface area contributed by atoms with E-state index in [1.54, 1.807) is 42.5 Å². The molecule has 7 heteroatoms. The van der Waals surface area contributed by atoms with E-state index in [9.17, 15) is 14.7 Å². The lowest BCUT2D eigenvalue weighted by atomic mass is 9.87. The third-order valence-corrected chi connectivity index (χ3v) is 4.58. The molecule has 0 saturated carbocycles. The number of hydrogen-bond donors (Lipinski definition) is 1. The zero-order valence-electron chi connectivity index (χ0n) is 15.7. The Kier molecular flexibility index (Phi) is 5.54. The Balaban J connectivity index is 2.27. The molecule has 0 radical (unpaired) electrons. The van der Waals surface area contributed by atoms with E-state index in [4.69, 9.17) is 18.6 Å². The third kappa shape index (κ3) is 3.51. The van der Waals surface area contributed by atoms with Crippen molar-refractivity contribution in [2.45, 2.75) is 12.3 Å². The number of hydrogen-bond acceptors (Lipinski definition) is 7. The number of fused-ring (bicyclic) bond motifs is 1. The first-order valence-electron chi connectivity index (χ1n) is 8.53. The van der Waals surface area contributed by atoms with Crippen LogP contribution in [-0.2, 0) is 9.53 Å². The summed E-state index contributed by atoms with van der Waals surface area (Å²) in [5, 5.41) is 11.2. The highest BCUT2D eigenvalue weighted by atomic mass is 16.5. The number of methoxy groups -OCH3 is 3. The molecule has 0 fully saturated rings. The zero-order valence-corrected chi connectivity index (χ0v) is 15.7. The minimum absolute atomic E-state index is 0.0347. The minimum atomic E-state index is -0.839. The van der Waals surface area contributed by atoms with E-state index in [2.05, 4.69) is 0 Å². The van der Waals surface area contributed by atoms with E-state index in [1.165, 1.54) is 21.3 Å². The van der Waals surface area contributed by atoms with Gasteiger partial charge in [0.1, 0.15) is 22.8 Å². The summed E-state index contributed by atoms with van der Waals surface area (Å²) in [5.41, 5.74) is 0.00869. The van der Waals surface area contributed by atoms with Gasteiger partial charge >= 0.3 is 11.6 Å². The van der Waals surface area contributed by atoms with Crippen LogP contribution in [0.2, 0.25) is 0 Å². The number of benzene rings is 2. The highest BCUT2D eigenvalue weighted by Crippen LogP contribution is 2.40. The van der Waals surface area contributed by atoms with Crippen molar-refractivity contribution in [1.82, 2.24) is 0 Å². The number of carbonyl (C=O) groups is 1. The van der Waals surface area contributed by atoms with Gasteiger partial charge in [-0.3, -0.25) is 4.79 Å². The van der Waals surface area contributed by atoms with Gasteiger partial charge in [-0.05, 0) is 18.2 Å². The van der Waals surface area contributed by atoms with Gasteiger partial charge in [0.2, 0.25) is 0 Å². The molecule has 0 aliphatic heterocycles. The molecule has 0 aliphatic carbocycles. The number of carbonyl (C=O) groups excluding carboxylic acids is 1. The van der Waals surface area contributed by atoms with Crippen LogP contribution in [-0.4, -0.2) is 32.4 Å². The predicted molar refractivity (Wildman–Crippen MR) is 102 cm³/mol. The summed E-state index contributed by atoms with van der Waals surface area (Å²) in [4.78, 5) is 24.8. The van der Waals surface area contributed by atoms with E-state index in [1.807, 2.05) is 0 Å². The van der Waals surface area contributed by atoms with Crippen LogP contribution >= 0.6 is 0 Å². The summed E-state index contributed by atoms with van der Waals surface area (Å²) in [5.74, 6) is -0.671. The van der Waals surface area contributed by atoms with E-state index in [0.29, 0.717) is 22.4 Å². The number of aromatic hydroxyl groups is 1. The molecule has 0 spiro atoms. The lowest BCUT2D eigenvalue weighted by Gasteiger charge is -2.20. The van der Waals surface area contributed by atoms with Gasteiger partial charge < -0.3 is 23.7 Å². The molecule has 146 valence electrons. The summed E-state index contributed by atoms with van der Waals surface area (Å²) in [6.45, 7) is 0. The number of para-hydroxylation sites is 1. The molecule has 1 unspecified atom stereocenters. The van der Waals surface area contributed by atoms with Crippen molar-refractivity contribution in [3.8, 4) is 17.2 Å². The number of ether oxygens (including phenoxy) is 3. The van der Waals surface area contributed by atoms with Crippen molar-refractivity contribution in [2.75, 3.05) is 21.3 Å². The lowest BCUT2D eigenvalue weighted by Crippen LogP contribution is -2.18. The van der Waals surface area contributed by atoms with Crippen molar-refractivity contribution < 1.29 is 28.5 Å². The highest BCUT2D eigenvalue weighted by molar-refractivity contribution is 5.85. The standard InChI is InChI=1S/C21H20O7/c1-25-12-8-9-13(17(10-12)26-2)15(11-18(22)27-3)19-20(23)14-6-4-5-7-16(14)28-21(19)24/h4-10,15,23H,11H2,1-3H3. The maximum Gasteiger partial charge on any atom is 0.343 e. The van der Waals surface area contributed by atoms with Crippen molar-refractivity contribution in [3.05, 3.63) is 64.0 Å². The monoisotopic (exact) mass is 384 g/mol. The SMILES string of the molecule is COC(=O)CC(c1ccc(OC)cc1OC)c1c(O)c2ccccc2oc1=O. The fourth-order valence-electron chi connectivity index (χ4n) is 3.18. The maximum atomic E-state index is 12.7. The Morgan fingerprint density at radius 3 is 2.54 bits per heavy atom. The second-order valence-corrected chi connectivity index (χ2v) is 6.09. The van der Waals surface area contributed by atoms with Crippen LogP contribution in [0.4, 0.5) is 0 Å². The van der Waals surface area contributed by atoms with Crippen molar-refractivity contribution in [3.63, 3.8) is 0 Å². The van der Waals surface area contributed by atoms with Crippen LogP contribution in [0.5, 0.6) is 17.2 Å². The van der Waals surface area contributed by atoms with Gasteiger partial charge in [-0.15, -0.1) is 0 Å². The normalized spacial score (nSPS) is 11.8. The Hall–Kier alpha value is -3.48. The molecule has 3 aromatic rings. The smallest absolute Gasteiger partial charge is 0.343 e. The zero-order chi connectivity index (χ0) is 20.3. The molecule has 0 bridgehead atoms. The van der Waals surface area contributed by atoms with Crippen LogP contribution in [0.1, 0.15) is 23.5 Å². The Morgan fingerprint density at radius 1 is 1.11 bits per heavy atom. The van der Waals surface area contributed by atoms with Gasteiger partial charge in [0, 0.05) is 17.5 Å². The third-order valence-electron chi connectivity index (χ3n) is 4.58. The van der Waals surface area contributed by atoms with Gasteiger partial charge in [0.25, 0.3) is 0 Å². The largest absolute Gasteiger partial charge is 0.507 e. The fraction of sp³-hybridized carbons (Fsp3) is 0.238. The van der Waals surface area contributed by atoms with E-state index in [0.717, 1.165) is 0 Å². The Labute approximate surface area is 161 Å². The van der Waals surface area contributed by atoms with Gasteiger partial charge in [-0.1, -0.05) is 18.2 Å². The summed E-state index contributed by atoms with van der Waals surface area (Å²) >= 11 is 0.